The minimum Gasteiger partial charge on any atom is -0.489 e. The lowest BCUT2D eigenvalue weighted by Crippen LogP contribution is -1.99. The van der Waals surface area contributed by atoms with Gasteiger partial charge in [-0.25, -0.2) is 9.07 Å². The van der Waals surface area contributed by atoms with Crippen LogP contribution in [-0.4, -0.2) is 20.2 Å². The first kappa shape index (κ1) is 16.1. The molecule has 0 unspecified atom stereocenters. The van der Waals surface area contributed by atoms with E-state index in [2.05, 4.69) is 15.5 Å². The van der Waals surface area contributed by atoms with Gasteiger partial charge in [0.25, 0.3) is 0 Å². The van der Waals surface area contributed by atoms with E-state index in [0.717, 1.165) is 22.2 Å². The van der Waals surface area contributed by atoms with Gasteiger partial charge in [-0.3, -0.25) is 0 Å². The molecule has 0 amide bonds. The number of rotatable bonds is 7. The number of hydrogen-bond donors (Lipinski definition) is 0. The Kier molecular flexibility index (Phi) is 4.65. The van der Waals surface area contributed by atoms with Crippen LogP contribution in [0.5, 0.6) is 5.75 Å². The van der Waals surface area contributed by atoms with Crippen LogP contribution in [0.4, 0.5) is 4.39 Å². The predicted octanol–water partition coefficient (Wildman–Crippen LogP) is 4.02. The molecule has 0 radical (unpaired) electrons. The van der Waals surface area contributed by atoms with E-state index in [1.807, 2.05) is 28.9 Å². The Balaban J connectivity index is 1.30. The molecule has 0 saturated heterocycles. The van der Waals surface area contributed by atoms with Gasteiger partial charge in [-0.1, -0.05) is 36.0 Å². The first-order valence-corrected chi connectivity index (χ1v) is 9.13. The molecule has 128 valence electrons. The highest BCUT2D eigenvalue weighted by Gasteiger charge is 2.27. The third-order valence-corrected chi connectivity index (χ3v) is 4.97. The van der Waals surface area contributed by atoms with Crippen molar-refractivity contribution in [3.8, 4) is 5.75 Å². The van der Waals surface area contributed by atoms with E-state index in [0.29, 0.717) is 12.6 Å². The Bertz CT molecular complexity index is 831. The molecule has 4 rings (SSSR count). The molecule has 0 N–H and O–H groups in total. The lowest BCUT2D eigenvalue weighted by molar-refractivity contribution is 0.306. The molecule has 1 aliphatic rings. The number of nitrogens with zero attached hydrogens (tertiary/aromatic N) is 4. The van der Waals surface area contributed by atoms with Crippen LogP contribution in [0.3, 0.4) is 0 Å². The monoisotopic (exact) mass is 356 g/mol. The number of aromatic nitrogens is 4. The molecule has 1 aliphatic carbocycles. The lowest BCUT2D eigenvalue weighted by atomic mass is 10.2. The summed E-state index contributed by atoms with van der Waals surface area (Å²) in [5.74, 6) is 1.37. The fourth-order valence-electron chi connectivity index (χ4n) is 2.41. The molecule has 2 aromatic carbocycles. The number of halogens is 1. The van der Waals surface area contributed by atoms with Crippen molar-refractivity contribution < 1.29 is 9.13 Å². The molecule has 1 saturated carbocycles. The molecule has 3 aromatic rings. The minimum absolute atomic E-state index is 0.238. The van der Waals surface area contributed by atoms with Crippen LogP contribution < -0.4 is 4.74 Å². The summed E-state index contributed by atoms with van der Waals surface area (Å²) in [6.45, 7) is 0.421. The molecular formula is C18H17FN4OS. The molecule has 0 bridgehead atoms. The van der Waals surface area contributed by atoms with Gasteiger partial charge in [-0.2, -0.15) is 0 Å². The SMILES string of the molecule is Fc1ccc(COc2ccc(CSc3nnnn3C3CC3)cc2)cc1. The maximum Gasteiger partial charge on any atom is 0.209 e. The topological polar surface area (TPSA) is 52.8 Å². The van der Waals surface area contributed by atoms with Crippen molar-refractivity contribution in [2.24, 2.45) is 0 Å². The van der Waals surface area contributed by atoms with E-state index in [1.165, 1.54) is 30.5 Å². The van der Waals surface area contributed by atoms with Crippen LogP contribution in [0.15, 0.2) is 53.7 Å². The highest BCUT2D eigenvalue weighted by molar-refractivity contribution is 7.98. The van der Waals surface area contributed by atoms with Gasteiger partial charge in [0, 0.05) is 5.75 Å². The third kappa shape index (κ3) is 4.17. The Morgan fingerprint density at radius 2 is 1.76 bits per heavy atom. The van der Waals surface area contributed by atoms with Crippen LogP contribution in [-0.2, 0) is 12.4 Å². The summed E-state index contributed by atoms with van der Waals surface area (Å²) >= 11 is 1.64. The van der Waals surface area contributed by atoms with Crippen molar-refractivity contribution in [2.45, 2.75) is 36.4 Å². The summed E-state index contributed by atoms with van der Waals surface area (Å²) in [7, 11) is 0. The highest BCUT2D eigenvalue weighted by Crippen LogP contribution is 2.36. The van der Waals surface area contributed by atoms with E-state index in [4.69, 9.17) is 4.74 Å². The van der Waals surface area contributed by atoms with Crippen molar-refractivity contribution in [1.29, 1.82) is 0 Å². The molecule has 1 aromatic heterocycles. The summed E-state index contributed by atoms with van der Waals surface area (Å²) in [6.07, 6.45) is 2.33. The first-order valence-electron chi connectivity index (χ1n) is 8.15. The van der Waals surface area contributed by atoms with Crippen LogP contribution in [0.2, 0.25) is 0 Å². The lowest BCUT2D eigenvalue weighted by Gasteiger charge is -2.07. The molecule has 0 atom stereocenters. The maximum atomic E-state index is 12.9. The van der Waals surface area contributed by atoms with Gasteiger partial charge in [0.2, 0.25) is 5.16 Å². The third-order valence-electron chi connectivity index (χ3n) is 3.97. The zero-order chi connectivity index (χ0) is 17.1. The Hall–Kier alpha value is -2.41. The van der Waals surface area contributed by atoms with Crippen LogP contribution in [0, 0.1) is 5.82 Å². The van der Waals surface area contributed by atoms with Gasteiger partial charge in [0.15, 0.2) is 0 Å². The zero-order valence-corrected chi connectivity index (χ0v) is 14.3. The summed E-state index contributed by atoms with van der Waals surface area (Å²) in [5, 5.41) is 12.8. The van der Waals surface area contributed by atoms with E-state index in [9.17, 15) is 4.39 Å². The van der Waals surface area contributed by atoms with Crippen LogP contribution in [0.1, 0.15) is 30.0 Å². The van der Waals surface area contributed by atoms with Gasteiger partial charge in [-0.15, -0.1) is 5.10 Å². The van der Waals surface area contributed by atoms with E-state index in [1.54, 1.807) is 23.9 Å². The van der Waals surface area contributed by atoms with E-state index >= 15 is 0 Å². The quantitative estimate of drug-likeness (QED) is 0.599. The fourth-order valence-corrected chi connectivity index (χ4v) is 3.31. The van der Waals surface area contributed by atoms with E-state index in [-0.39, 0.29) is 5.82 Å². The Morgan fingerprint density at radius 1 is 1.04 bits per heavy atom. The molecule has 1 heterocycles. The summed E-state index contributed by atoms with van der Waals surface area (Å²) in [4.78, 5) is 0. The molecule has 0 spiro atoms. The van der Waals surface area contributed by atoms with Crippen molar-refractivity contribution in [2.75, 3.05) is 0 Å². The number of ether oxygens (including phenoxy) is 1. The minimum atomic E-state index is -0.238. The summed E-state index contributed by atoms with van der Waals surface area (Å²) in [6, 6.07) is 14.8. The molecule has 5 nitrogen and oxygen atoms in total. The average Bonchev–Trinajstić information content (AvgIpc) is 3.38. The fraction of sp³-hybridized carbons (Fsp3) is 0.278. The zero-order valence-electron chi connectivity index (χ0n) is 13.5. The largest absolute Gasteiger partial charge is 0.489 e. The second kappa shape index (κ2) is 7.23. The molecule has 25 heavy (non-hydrogen) atoms. The van der Waals surface area contributed by atoms with Gasteiger partial charge in [0.1, 0.15) is 18.2 Å². The highest BCUT2D eigenvalue weighted by atomic mass is 32.2. The second-order valence-corrected chi connectivity index (χ2v) is 6.93. The van der Waals surface area contributed by atoms with Gasteiger partial charge in [-0.05, 0) is 58.7 Å². The summed E-state index contributed by atoms with van der Waals surface area (Å²) in [5.41, 5.74) is 2.12. The smallest absolute Gasteiger partial charge is 0.209 e. The number of hydrogen-bond acceptors (Lipinski definition) is 5. The number of thioether (sulfide) groups is 1. The normalized spacial score (nSPS) is 13.8. The average molecular weight is 356 g/mol. The van der Waals surface area contributed by atoms with Crippen LogP contribution >= 0.6 is 11.8 Å². The van der Waals surface area contributed by atoms with E-state index < -0.39 is 0 Å². The summed E-state index contributed by atoms with van der Waals surface area (Å²) < 4.78 is 20.5. The van der Waals surface area contributed by atoms with Crippen molar-refractivity contribution in [1.82, 2.24) is 20.2 Å². The van der Waals surface area contributed by atoms with Gasteiger partial charge < -0.3 is 4.74 Å². The predicted molar refractivity (Wildman–Crippen MR) is 92.8 cm³/mol. The van der Waals surface area contributed by atoms with Crippen LogP contribution in [0.25, 0.3) is 0 Å². The Morgan fingerprint density at radius 3 is 2.48 bits per heavy atom. The molecular weight excluding hydrogens is 339 g/mol. The molecule has 0 aliphatic heterocycles. The molecule has 7 heteroatoms. The number of tetrazole rings is 1. The second-order valence-electron chi connectivity index (χ2n) is 5.98. The van der Waals surface area contributed by atoms with Crippen molar-refractivity contribution in [3.63, 3.8) is 0 Å². The van der Waals surface area contributed by atoms with Gasteiger partial charge >= 0.3 is 0 Å². The maximum absolute atomic E-state index is 12.9. The van der Waals surface area contributed by atoms with Crippen molar-refractivity contribution in [3.05, 3.63) is 65.5 Å². The van der Waals surface area contributed by atoms with Gasteiger partial charge in [0.05, 0.1) is 6.04 Å². The number of benzene rings is 2. The van der Waals surface area contributed by atoms with Crippen molar-refractivity contribution >= 4 is 11.8 Å². The Labute approximate surface area is 149 Å². The first-order chi connectivity index (χ1) is 12.3. The molecule has 1 fully saturated rings. The standard InChI is InChI=1S/C18H17FN4OS/c19-15-5-1-13(2-6-15)11-24-17-9-3-14(4-10-17)12-25-18-20-21-22-23(18)16-7-8-16/h1-6,9-10,16H,7-8,11-12H2.